The van der Waals surface area contributed by atoms with Gasteiger partial charge < -0.3 is 9.84 Å². The van der Waals surface area contributed by atoms with Crippen LogP contribution in [0.25, 0.3) is 11.0 Å². The molecule has 0 fully saturated rings. The molecular weight excluding hydrogens is 336 g/mol. The topological polar surface area (TPSA) is 72.3 Å². The smallest absolute Gasteiger partial charge is 0.335 e. The van der Waals surface area contributed by atoms with Gasteiger partial charge in [-0.25, -0.2) is 14.8 Å². The molecule has 1 N–H and O–H groups in total. The second kappa shape index (κ2) is 5.49. The number of rotatable bonds is 3. The van der Waals surface area contributed by atoms with Crippen molar-refractivity contribution in [2.45, 2.75) is 0 Å². The predicted octanol–water partition coefficient (Wildman–Crippen LogP) is 3.88. The molecule has 0 amide bonds. The van der Waals surface area contributed by atoms with Gasteiger partial charge in [-0.05, 0) is 46.3 Å². The number of carbonyl (C=O) groups is 1. The van der Waals surface area contributed by atoms with Crippen LogP contribution < -0.4 is 4.74 Å². The molecule has 104 valence electrons. The number of fused-ring (bicyclic) bond motifs is 1. The molecule has 0 aliphatic rings. The summed E-state index contributed by atoms with van der Waals surface area (Å²) >= 11 is 3.32. The van der Waals surface area contributed by atoms with Gasteiger partial charge in [0.05, 0.1) is 27.3 Å². The van der Waals surface area contributed by atoms with Gasteiger partial charge in [-0.3, -0.25) is 0 Å². The first-order valence-corrected chi connectivity index (χ1v) is 6.85. The van der Waals surface area contributed by atoms with E-state index in [0.29, 0.717) is 21.6 Å². The lowest BCUT2D eigenvalue weighted by Crippen LogP contribution is -1.97. The molecule has 0 radical (unpaired) electrons. The normalized spacial score (nSPS) is 10.5. The van der Waals surface area contributed by atoms with Crippen molar-refractivity contribution in [3.63, 3.8) is 0 Å². The van der Waals surface area contributed by atoms with E-state index in [0.717, 1.165) is 5.52 Å². The van der Waals surface area contributed by atoms with Crippen LogP contribution in [0.15, 0.2) is 53.1 Å². The van der Waals surface area contributed by atoms with Crippen molar-refractivity contribution >= 4 is 32.9 Å². The number of para-hydroxylation sites is 2. The van der Waals surface area contributed by atoms with Crippen LogP contribution in [-0.4, -0.2) is 21.0 Å². The standard InChI is InChI=1S/C15H9BrN2O3/c16-10-6-5-9(15(19)20)7-13(10)21-14-8-17-11-3-1-2-4-12(11)18-14/h1-8H,(H,19,20). The number of aromatic carboxylic acids is 1. The van der Waals surface area contributed by atoms with Crippen molar-refractivity contribution in [3.05, 3.63) is 58.7 Å². The maximum atomic E-state index is 11.0. The van der Waals surface area contributed by atoms with Gasteiger partial charge in [0, 0.05) is 0 Å². The van der Waals surface area contributed by atoms with Gasteiger partial charge in [-0.2, -0.15) is 0 Å². The Labute approximate surface area is 128 Å². The molecule has 5 nitrogen and oxygen atoms in total. The quantitative estimate of drug-likeness (QED) is 0.780. The summed E-state index contributed by atoms with van der Waals surface area (Å²) in [6.07, 6.45) is 1.50. The first-order valence-electron chi connectivity index (χ1n) is 6.06. The molecule has 0 unspecified atom stereocenters. The molecule has 3 rings (SSSR count). The lowest BCUT2D eigenvalue weighted by atomic mass is 10.2. The number of halogens is 1. The fourth-order valence-corrected chi connectivity index (χ4v) is 2.14. The SMILES string of the molecule is O=C(O)c1ccc(Br)c(Oc2cnc3ccccc3n2)c1. The summed E-state index contributed by atoms with van der Waals surface area (Å²) in [4.78, 5) is 19.6. The Morgan fingerprint density at radius 3 is 2.67 bits per heavy atom. The van der Waals surface area contributed by atoms with Gasteiger partial charge in [-0.1, -0.05) is 12.1 Å². The Balaban J connectivity index is 1.98. The number of nitrogens with zero attached hydrogens (tertiary/aromatic N) is 2. The van der Waals surface area contributed by atoms with E-state index in [1.54, 1.807) is 6.07 Å². The van der Waals surface area contributed by atoms with E-state index < -0.39 is 5.97 Å². The molecule has 1 aromatic heterocycles. The van der Waals surface area contributed by atoms with Crippen molar-refractivity contribution < 1.29 is 14.6 Å². The molecule has 21 heavy (non-hydrogen) atoms. The third-order valence-corrected chi connectivity index (χ3v) is 3.47. The largest absolute Gasteiger partial charge is 0.478 e. The predicted molar refractivity (Wildman–Crippen MR) is 80.7 cm³/mol. The number of hydrogen-bond donors (Lipinski definition) is 1. The van der Waals surface area contributed by atoms with Crippen LogP contribution in [0.5, 0.6) is 11.6 Å². The third kappa shape index (κ3) is 2.85. The van der Waals surface area contributed by atoms with E-state index in [2.05, 4.69) is 25.9 Å². The van der Waals surface area contributed by atoms with Crippen molar-refractivity contribution in [1.82, 2.24) is 9.97 Å². The number of benzene rings is 2. The number of aromatic nitrogens is 2. The number of carboxylic acid groups (broad SMARTS) is 1. The Kier molecular flexibility index (Phi) is 3.53. The van der Waals surface area contributed by atoms with Crippen molar-refractivity contribution in [2.75, 3.05) is 0 Å². The van der Waals surface area contributed by atoms with Crippen molar-refractivity contribution in [1.29, 1.82) is 0 Å². The number of carboxylic acids is 1. The highest BCUT2D eigenvalue weighted by Crippen LogP contribution is 2.30. The lowest BCUT2D eigenvalue weighted by Gasteiger charge is -2.08. The summed E-state index contributed by atoms with van der Waals surface area (Å²) in [5.74, 6) is -0.339. The molecular formula is C15H9BrN2O3. The summed E-state index contributed by atoms with van der Waals surface area (Å²) in [5, 5.41) is 9.01. The molecule has 0 saturated carbocycles. The van der Waals surface area contributed by atoms with Gasteiger partial charge in [0.1, 0.15) is 5.75 Å². The Hall–Kier alpha value is -2.47. The van der Waals surface area contributed by atoms with Crippen LogP contribution in [0.2, 0.25) is 0 Å². The van der Waals surface area contributed by atoms with Gasteiger partial charge >= 0.3 is 5.97 Å². The van der Waals surface area contributed by atoms with Gasteiger partial charge in [0.15, 0.2) is 0 Å². The molecule has 0 bridgehead atoms. The van der Waals surface area contributed by atoms with Crippen molar-refractivity contribution in [2.24, 2.45) is 0 Å². The molecule has 2 aromatic carbocycles. The van der Waals surface area contributed by atoms with E-state index in [1.165, 1.54) is 18.3 Å². The van der Waals surface area contributed by atoms with Crippen LogP contribution in [0.3, 0.4) is 0 Å². The monoisotopic (exact) mass is 344 g/mol. The zero-order chi connectivity index (χ0) is 14.8. The summed E-state index contributed by atoms with van der Waals surface area (Å²) in [6, 6.07) is 12.0. The maximum Gasteiger partial charge on any atom is 0.335 e. The highest BCUT2D eigenvalue weighted by atomic mass is 79.9. The number of hydrogen-bond acceptors (Lipinski definition) is 4. The van der Waals surface area contributed by atoms with Gasteiger partial charge in [-0.15, -0.1) is 0 Å². The molecule has 3 aromatic rings. The van der Waals surface area contributed by atoms with E-state index in [9.17, 15) is 4.79 Å². The number of ether oxygens (including phenoxy) is 1. The molecule has 0 saturated heterocycles. The van der Waals surface area contributed by atoms with Gasteiger partial charge in [0.2, 0.25) is 5.88 Å². The van der Waals surface area contributed by atoms with Crippen LogP contribution in [0.4, 0.5) is 0 Å². The second-order valence-corrected chi connectivity index (χ2v) is 5.10. The van der Waals surface area contributed by atoms with Crippen LogP contribution in [0.1, 0.15) is 10.4 Å². The molecule has 0 aliphatic heterocycles. The highest BCUT2D eigenvalue weighted by Gasteiger charge is 2.10. The molecule has 0 spiro atoms. The minimum Gasteiger partial charge on any atom is -0.478 e. The minimum absolute atomic E-state index is 0.141. The zero-order valence-electron chi connectivity index (χ0n) is 10.7. The van der Waals surface area contributed by atoms with Crippen molar-refractivity contribution in [3.8, 4) is 11.6 Å². The molecule has 0 aliphatic carbocycles. The fourth-order valence-electron chi connectivity index (χ4n) is 1.82. The lowest BCUT2D eigenvalue weighted by molar-refractivity contribution is 0.0696. The molecule has 1 heterocycles. The fraction of sp³-hybridized carbons (Fsp3) is 0. The highest BCUT2D eigenvalue weighted by molar-refractivity contribution is 9.10. The van der Waals surface area contributed by atoms with E-state index in [1.807, 2.05) is 24.3 Å². The minimum atomic E-state index is -1.02. The van der Waals surface area contributed by atoms with Crippen LogP contribution >= 0.6 is 15.9 Å². The summed E-state index contributed by atoms with van der Waals surface area (Å²) in [7, 11) is 0. The van der Waals surface area contributed by atoms with E-state index in [-0.39, 0.29) is 5.56 Å². The summed E-state index contributed by atoms with van der Waals surface area (Å²) in [5.41, 5.74) is 1.62. The van der Waals surface area contributed by atoms with Gasteiger partial charge in [0.25, 0.3) is 0 Å². The Morgan fingerprint density at radius 1 is 1.14 bits per heavy atom. The Morgan fingerprint density at radius 2 is 1.90 bits per heavy atom. The van der Waals surface area contributed by atoms with E-state index in [4.69, 9.17) is 9.84 Å². The maximum absolute atomic E-state index is 11.0. The van der Waals surface area contributed by atoms with Crippen LogP contribution in [0, 0.1) is 0 Å². The van der Waals surface area contributed by atoms with Crippen LogP contribution in [-0.2, 0) is 0 Å². The second-order valence-electron chi connectivity index (χ2n) is 4.25. The first-order chi connectivity index (χ1) is 10.1. The average molecular weight is 345 g/mol. The first kappa shape index (κ1) is 13.5. The molecule has 0 atom stereocenters. The summed E-state index contributed by atoms with van der Waals surface area (Å²) < 4.78 is 6.27. The Bertz CT molecular complexity index is 836. The molecule has 6 heteroatoms. The zero-order valence-corrected chi connectivity index (χ0v) is 12.2. The average Bonchev–Trinajstić information content (AvgIpc) is 2.49. The third-order valence-electron chi connectivity index (χ3n) is 2.82. The summed E-state index contributed by atoms with van der Waals surface area (Å²) in [6.45, 7) is 0. The van der Waals surface area contributed by atoms with E-state index >= 15 is 0 Å².